The van der Waals surface area contributed by atoms with E-state index >= 15 is 0 Å². The van der Waals surface area contributed by atoms with Gasteiger partial charge in [-0.25, -0.2) is 0 Å². The van der Waals surface area contributed by atoms with Gasteiger partial charge in [-0.05, 0) is 26.0 Å². The van der Waals surface area contributed by atoms with Gasteiger partial charge in [0.2, 0.25) is 0 Å². The maximum absolute atomic E-state index is 11.5. The number of anilines is 1. The monoisotopic (exact) mass is 276 g/mol. The summed E-state index contributed by atoms with van der Waals surface area (Å²) in [5.41, 5.74) is 1.28. The molecule has 0 amide bonds. The van der Waals surface area contributed by atoms with E-state index in [0.29, 0.717) is 13.0 Å². The van der Waals surface area contributed by atoms with Gasteiger partial charge < -0.3 is 9.64 Å². The normalized spacial score (nSPS) is 17.8. The SMILES string of the molecule is CCOC(=O)CC(C)N1CCN(c2ccccc2)CC1. The molecule has 1 aliphatic rings. The van der Waals surface area contributed by atoms with Gasteiger partial charge in [-0.15, -0.1) is 0 Å². The Bertz CT molecular complexity index is 414. The number of rotatable bonds is 5. The van der Waals surface area contributed by atoms with Crippen molar-refractivity contribution in [3.63, 3.8) is 0 Å². The zero-order valence-corrected chi connectivity index (χ0v) is 12.4. The van der Waals surface area contributed by atoms with Gasteiger partial charge in [0.05, 0.1) is 13.0 Å². The molecule has 2 rings (SSSR count). The predicted octanol–water partition coefficient (Wildman–Crippen LogP) is 2.15. The number of nitrogens with zero attached hydrogens (tertiary/aromatic N) is 2. The first kappa shape index (κ1) is 14.9. The number of hydrogen-bond donors (Lipinski definition) is 0. The second kappa shape index (κ2) is 7.29. The van der Waals surface area contributed by atoms with Gasteiger partial charge in [-0.3, -0.25) is 9.69 Å². The number of ether oxygens (including phenoxy) is 1. The predicted molar refractivity (Wildman–Crippen MR) is 80.9 cm³/mol. The molecule has 0 radical (unpaired) electrons. The van der Waals surface area contributed by atoms with E-state index in [9.17, 15) is 4.79 Å². The van der Waals surface area contributed by atoms with Crippen molar-refractivity contribution >= 4 is 11.7 Å². The smallest absolute Gasteiger partial charge is 0.307 e. The molecule has 0 bridgehead atoms. The van der Waals surface area contributed by atoms with Gasteiger partial charge in [-0.2, -0.15) is 0 Å². The molecule has 0 aliphatic carbocycles. The van der Waals surface area contributed by atoms with E-state index < -0.39 is 0 Å². The molecule has 1 aromatic rings. The molecule has 1 fully saturated rings. The lowest BCUT2D eigenvalue weighted by Crippen LogP contribution is -2.50. The number of carbonyl (C=O) groups excluding carboxylic acids is 1. The molecule has 1 aromatic carbocycles. The number of carbonyl (C=O) groups is 1. The number of benzene rings is 1. The van der Waals surface area contributed by atoms with Crippen LogP contribution in [0.2, 0.25) is 0 Å². The topological polar surface area (TPSA) is 32.8 Å². The highest BCUT2D eigenvalue weighted by molar-refractivity contribution is 5.70. The highest BCUT2D eigenvalue weighted by Gasteiger charge is 2.23. The minimum atomic E-state index is -0.0921. The first-order valence-corrected chi connectivity index (χ1v) is 7.40. The van der Waals surface area contributed by atoms with Crippen LogP contribution in [0.4, 0.5) is 5.69 Å². The second-order valence-corrected chi connectivity index (χ2v) is 5.22. The van der Waals surface area contributed by atoms with Crippen LogP contribution in [0.3, 0.4) is 0 Å². The Labute approximate surface area is 121 Å². The van der Waals surface area contributed by atoms with Crippen molar-refractivity contribution in [2.45, 2.75) is 26.3 Å². The summed E-state index contributed by atoms with van der Waals surface area (Å²) in [4.78, 5) is 16.3. The maximum atomic E-state index is 11.5. The van der Waals surface area contributed by atoms with Crippen molar-refractivity contribution in [3.8, 4) is 0 Å². The van der Waals surface area contributed by atoms with Crippen LogP contribution in [-0.2, 0) is 9.53 Å². The van der Waals surface area contributed by atoms with Gasteiger partial charge in [0.25, 0.3) is 0 Å². The van der Waals surface area contributed by atoms with Gasteiger partial charge >= 0.3 is 5.97 Å². The molecule has 110 valence electrons. The van der Waals surface area contributed by atoms with Crippen molar-refractivity contribution in [1.29, 1.82) is 0 Å². The van der Waals surface area contributed by atoms with Gasteiger partial charge in [-0.1, -0.05) is 18.2 Å². The molecule has 0 N–H and O–H groups in total. The fourth-order valence-corrected chi connectivity index (χ4v) is 2.65. The van der Waals surface area contributed by atoms with E-state index in [1.54, 1.807) is 0 Å². The van der Waals surface area contributed by atoms with E-state index in [2.05, 4.69) is 41.0 Å². The Kier molecular flexibility index (Phi) is 5.41. The van der Waals surface area contributed by atoms with Crippen LogP contribution in [0.25, 0.3) is 0 Å². The summed E-state index contributed by atoms with van der Waals surface area (Å²) < 4.78 is 5.02. The number of hydrogen-bond acceptors (Lipinski definition) is 4. The van der Waals surface area contributed by atoms with Gasteiger partial charge in [0.15, 0.2) is 0 Å². The quantitative estimate of drug-likeness (QED) is 0.772. The van der Waals surface area contributed by atoms with Crippen molar-refractivity contribution in [2.24, 2.45) is 0 Å². The molecule has 4 heteroatoms. The molecular formula is C16H24N2O2. The van der Waals surface area contributed by atoms with E-state index in [4.69, 9.17) is 4.74 Å². The molecule has 0 saturated carbocycles. The molecule has 1 heterocycles. The molecule has 0 aromatic heterocycles. The van der Waals surface area contributed by atoms with Crippen LogP contribution in [0, 0.1) is 0 Å². The molecule has 4 nitrogen and oxygen atoms in total. The Morgan fingerprint density at radius 2 is 1.85 bits per heavy atom. The average molecular weight is 276 g/mol. The third-order valence-corrected chi connectivity index (χ3v) is 3.83. The van der Waals surface area contributed by atoms with Crippen molar-refractivity contribution < 1.29 is 9.53 Å². The summed E-state index contributed by atoms with van der Waals surface area (Å²) >= 11 is 0. The Morgan fingerprint density at radius 1 is 1.20 bits per heavy atom. The lowest BCUT2D eigenvalue weighted by atomic mass is 10.1. The fraction of sp³-hybridized carbons (Fsp3) is 0.562. The third kappa shape index (κ3) is 3.97. The van der Waals surface area contributed by atoms with Gasteiger partial charge in [0, 0.05) is 37.9 Å². The van der Waals surface area contributed by atoms with Crippen LogP contribution in [-0.4, -0.2) is 49.7 Å². The zero-order valence-electron chi connectivity index (χ0n) is 12.4. The van der Waals surface area contributed by atoms with E-state index in [0.717, 1.165) is 26.2 Å². The van der Waals surface area contributed by atoms with Crippen LogP contribution in [0.1, 0.15) is 20.3 Å². The highest BCUT2D eigenvalue weighted by Crippen LogP contribution is 2.17. The minimum absolute atomic E-state index is 0.0921. The molecule has 20 heavy (non-hydrogen) atoms. The molecular weight excluding hydrogens is 252 g/mol. The summed E-state index contributed by atoms with van der Waals surface area (Å²) in [5, 5.41) is 0. The van der Waals surface area contributed by atoms with Gasteiger partial charge in [0.1, 0.15) is 0 Å². The van der Waals surface area contributed by atoms with Crippen molar-refractivity contribution in [3.05, 3.63) is 30.3 Å². The highest BCUT2D eigenvalue weighted by atomic mass is 16.5. The summed E-state index contributed by atoms with van der Waals surface area (Å²) in [6, 6.07) is 10.7. The number of esters is 1. The summed E-state index contributed by atoms with van der Waals surface area (Å²) in [7, 11) is 0. The summed E-state index contributed by atoms with van der Waals surface area (Å²) in [6.45, 7) is 8.43. The Morgan fingerprint density at radius 3 is 2.45 bits per heavy atom. The summed E-state index contributed by atoms with van der Waals surface area (Å²) in [5.74, 6) is -0.0921. The van der Waals surface area contributed by atoms with E-state index in [-0.39, 0.29) is 12.0 Å². The van der Waals surface area contributed by atoms with Crippen LogP contribution in [0.5, 0.6) is 0 Å². The van der Waals surface area contributed by atoms with E-state index in [1.165, 1.54) is 5.69 Å². The second-order valence-electron chi connectivity index (χ2n) is 5.22. The largest absolute Gasteiger partial charge is 0.466 e. The fourth-order valence-electron chi connectivity index (χ4n) is 2.65. The lowest BCUT2D eigenvalue weighted by Gasteiger charge is -2.38. The summed E-state index contributed by atoms with van der Waals surface area (Å²) in [6.07, 6.45) is 0.485. The van der Waals surface area contributed by atoms with Crippen LogP contribution in [0.15, 0.2) is 30.3 Å². The lowest BCUT2D eigenvalue weighted by molar-refractivity contribution is -0.144. The number of piperazine rings is 1. The van der Waals surface area contributed by atoms with Crippen molar-refractivity contribution in [2.75, 3.05) is 37.7 Å². The average Bonchev–Trinajstić information content (AvgIpc) is 2.48. The molecule has 1 aliphatic heterocycles. The molecule has 0 spiro atoms. The van der Waals surface area contributed by atoms with Crippen molar-refractivity contribution in [1.82, 2.24) is 4.90 Å². The van der Waals surface area contributed by atoms with E-state index in [1.807, 2.05) is 13.0 Å². The maximum Gasteiger partial charge on any atom is 0.307 e. The standard InChI is InChI=1S/C16H24N2O2/c1-3-20-16(19)13-14(2)17-9-11-18(12-10-17)15-7-5-4-6-8-15/h4-8,14H,3,9-13H2,1-2H3. The minimum Gasteiger partial charge on any atom is -0.466 e. The van der Waals surface area contributed by atoms with Crippen LogP contribution >= 0.6 is 0 Å². The first-order valence-electron chi connectivity index (χ1n) is 7.40. The Hall–Kier alpha value is -1.55. The molecule has 1 saturated heterocycles. The zero-order chi connectivity index (χ0) is 14.4. The Balaban J connectivity index is 1.80. The van der Waals surface area contributed by atoms with Crippen LogP contribution < -0.4 is 4.90 Å². The first-order chi connectivity index (χ1) is 9.70. The molecule has 1 atom stereocenters. The number of para-hydroxylation sites is 1. The third-order valence-electron chi connectivity index (χ3n) is 3.83. The molecule has 1 unspecified atom stereocenters.